The number of hydrogen-bond acceptors (Lipinski definition) is 8. The lowest BCUT2D eigenvalue weighted by molar-refractivity contribution is -0.189. The van der Waals surface area contributed by atoms with E-state index in [-0.39, 0.29) is 25.0 Å². The summed E-state index contributed by atoms with van der Waals surface area (Å²) < 4.78 is 14.8. The van der Waals surface area contributed by atoms with Gasteiger partial charge in [0.2, 0.25) is 5.60 Å². The summed E-state index contributed by atoms with van der Waals surface area (Å²) >= 11 is 0. The Kier molecular flexibility index (Phi) is 7.62. The van der Waals surface area contributed by atoms with E-state index in [2.05, 4.69) is 16.4 Å². The molecule has 0 saturated heterocycles. The molecule has 0 saturated carbocycles. The van der Waals surface area contributed by atoms with Crippen LogP contribution in [0.15, 0.2) is 47.4 Å². The molecule has 6 rings (SSSR count). The van der Waals surface area contributed by atoms with Crippen molar-refractivity contribution >= 4 is 22.8 Å². The Morgan fingerprint density at radius 2 is 1.86 bits per heavy atom. The lowest BCUT2D eigenvalue weighted by atomic mass is 9.85. The van der Waals surface area contributed by atoms with Crippen molar-refractivity contribution in [3.8, 4) is 11.4 Å². The van der Waals surface area contributed by atoms with Gasteiger partial charge < -0.3 is 14.0 Å². The predicted octanol–water partition coefficient (Wildman–Crippen LogP) is 4.73. The minimum Gasteiger partial charge on any atom is -0.457 e. The Bertz CT molecular complexity index is 1720. The van der Waals surface area contributed by atoms with Crippen LogP contribution in [0.4, 0.5) is 0 Å². The average molecular weight is 570 g/mol. The lowest BCUT2D eigenvalue weighted by Gasteiger charge is -2.35. The molecule has 2 aliphatic rings. The van der Waals surface area contributed by atoms with Gasteiger partial charge in [0.15, 0.2) is 0 Å². The zero-order chi connectivity index (χ0) is 29.3. The number of esters is 2. The molecule has 3 aromatic heterocycles. The number of carbonyl (C=O) groups is 2. The minimum absolute atomic E-state index is 0.144. The Morgan fingerprint density at radius 1 is 1.07 bits per heavy atom. The fraction of sp³-hybridized carbons (Fsp3) is 0.438. The van der Waals surface area contributed by atoms with E-state index >= 15 is 0 Å². The molecule has 0 fully saturated rings. The second-order valence-electron chi connectivity index (χ2n) is 11.2. The minimum atomic E-state index is -1.65. The molecular formula is C32H35N5O5. The maximum absolute atomic E-state index is 13.7. The summed E-state index contributed by atoms with van der Waals surface area (Å²) in [6.45, 7) is 2.02. The third kappa shape index (κ3) is 5.10. The quantitative estimate of drug-likeness (QED) is 0.165. The monoisotopic (exact) mass is 569 g/mol. The number of para-hydroxylation sites is 1. The number of nitrogens with zero attached hydrogens (tertiary/aromatic N) is 5. The van der Waals surface area contributed by atoms with Crippen molar-refractivity contribution in [2.75, 3.05) is 0 Å². The first-order valence-electron chi connectivity index (χ1n) is 14.8. The topological polar surface area (TPSA) is 118 Å². The number of fused-ring (bicyclic) bond motifs is 5. The smallest absolute Gasteiger partial charge is 0.355 e. The van der Waals surface area contributed by atoms with E-state index < -0.39 is 17.5 Å². The molecule has 0 radical (unpaired) electrons. The van der Waals surface area contributed by atoms with E-state index in [0.29, 0.717) is 35.5 Å². The highest BCUT2D eigenvalue weighted by Gasteiger charge is 2.50. The van der Waals surface area contributed by atoms with Crippen LogP contribution in [0.5, 0.6) is 0 Å². The lowest BCUT2D eigenvalue weighted by Crippen LogP contribution is -2.47. The molecule has 4 aromatic rings. The van der Waals surface area contributed by atoms with Gasteiger partial charge in [-0.05, 0) is 43.9 Å². The zero-order valence-electron chi connectivity index (χ0n) is 24.1. The first-order chi connectivity index (χ1) is 20.4. The molecular weight excluding hydrogens is 534 g/mol. The summed E-state index contributed by atoms with van der Waals surface area (Å²) in [7, 11) is 1.86. The Balaban J connectivity index is 1.13. The van der Waals surface area contributed by atoms with Crippen LogP contribution in [-0.2, 0) is 51.3 Å². The van der Waals surface area contributed by atoms with Gasteiger partial charge in [-0.1, -0.05) is 56.0 Å². The van der Waals surface area contributed by atoms with Crippen molar-refractivity contribution < 1.29 is 19.1 Å². The van der Waals surface area contributed by atoms with Crippen molar-refractivity contribution in [1.82, 2.24) is 24.5 Å². The number of pyridine rings is 2. The third-order valence-corrected chi connectivity index (χ3v) is 8.39. The standard InChI is InChI=1S/C32H35N5O5/c1-3-32(42-28(38)15-9-7-5-4-6-8-13-23-19-36(2)35-34-23)25-17-27-29-22(16-21-12-10-11-14-26(21)33-29)18-37(27)30(39)24(25)20-41-31(32)40/h10-12,14,16-17,19H,3-9,13,15,18,20H2,1-2H3. The van der Waals surface area contributed by atoms with Gasteiger partial charge in [-0.2, -0.15) is 0 Å². The molecule has 42 heavy (non-hydrogen) atoms. The molecule has 10 nitrogen and oxygen atoms in total. The summed E-state index contributed by atoms with van der Waals surface area (Å²) in [5.74, 6) is -1.10. The van der Waals surface area contributed by atoms with E-state index in [1.54, 1.807) is 16.2 Å². The number of ether oxygens (including phenoxy) is 2. The van der Waals surface area contributed by atoms with Gasteiger partial charge >= 0.3 is 11.9 Å². The predicted molar refractivity (Wildman–Crippen MR) is 155 cm³/mol. The van der Waals surface area contributed by atoms with Crippen LogP contribution in [0.3, 0.4) is 0 Å². The second kappa shape index (κ2) is 11.5. The number of aryl methyl sites for hydroxylation is 2. The number of rotatable bonds is 11. The van der Waals surface area contributed by atoms with Gasteiger partial charge in [0, 0.05) is 36.2 Å². The summed E-state index contributed by atoms with van der Waals surface area (Å²) in [5, 5.41) is 9.07. The van der Waals surface area contributed by atoms with Crippen LogP contribution >= 0.6 is 0 Å². The SMILES string of the molecule is CCC1(OC(=O)CCCCCCCCc2cn(C)nn2)C(=O)OCc2c1cc1n(c2=O)Cc2cc3ccccc3nc2-1. The largest absolute Gasteiger partial charge is 0.457 e. The van der Waals surface area contributed by atoms with E-state index in [9.17, 15) is 14.4 Å². The molecule has 2 aliphatic heterocycles. The maximum Gasteiger partial charge on any atom is 0.355 e. The summed E-state index contributed by atoms with van der Waals surface area (Å²) in [5.41, 5.74) is 2.98. The van der Waals surface area contributed by atoms with Crippen molar-refractivity contribution in [2.24, 2.45) is 7.05 Å². The Labute approximate surface area is 243 Å². The first kappa shape index (κ1) is 27.8. The molecule has 5 heterocycles. The van der Waals surface area contributed by atoms with E-state index in [1.165, 1.54) is 0 Å². The highest BCUT2D eigenvalue weighted by atomic mass is 16.6. The number of benzene rings is 1. The number of aromatic nitrogens is 5. The number of hydrogen-bond donors (Lipinski definition) is 0. The van der Waals surface area contributed by atoms with Crippen molar-refractivity contribution in [1.29, 1.82) is 0 Å². The van der Waals surface area contributed by atoms with Gasteiger partial charge in [0.05, 0.1) is 34.7 Å². The van der Waals surface area contributed by atoms with Crippen LogP contribution in [0, 0.1) is 0 Å². The summed E-state index contributed by atoms with van der Waals surface area (Å²) in [6, 6.07) is 11.7. The molecule has 218 valence electrons. The number of carbonyl (C=O) groups excluding carboxylic acids is 2. The van der Waals surface area contributed by atoms with Crippen LogP contribution in [0.1, 0.15) is 80.7 Å². The summed E-state index contributed by atoms with van der Waals surface area (Å²) in [4.78, 5) is 44.8. The zero-order valence-corrected chi connectivity index (χ0v) is 24.1. The Hall–Kier alpha value is -4.34. The van der Waals surface area contributed by atoms with Crippen LogP contribution in [-0.4, -0.2) is 36.5 Å². The molecule has 0 amide bonds. The molecule has 1 unspecified atom stereocenters. The molecule has 1 atom stereocenters. The van der Waals surface area contributed by atoms with Crippen molar-refractivity contribution in [3.63, 3.8) is 0 Å². The third-order valence-electron chi connectivity index (χ3n) is 8.39. The van der Waals surface area contributed by atoms with Gasteiger partial charge in [0.25, 0.3) is 5.56 Å². The van der Waals surface area contributed by atoms with Gasteiger partial charge in [0.1, 0.15) is 6.61 Å². The van der Waals surface area contributed by atoms with Crippen LogP contribution < -0.4 is 5.56 Å². The number of unbranched alkanes of at least 4 members (excludes halogenated alkanes) is 5. The highest BCUT2D eigenvalue weighted by molar-refractivity contribution is 5.88. The van der Waals surface area contributed by atoms with E-state index in [0.717, 1.165) is 60.7 Å². The summed E-state index contributed by atoms with van der Waals surface area (Å²) in [6.07, 6.45) is 9.03. The molecule has 0 N–H and O–H groups in total. The maximum atomic E-state index is 13.7. The average Bonchev–Trinajstić information content (AvgIpc) is 3.57. The van der Waals surface area contributed by atoms with Gasteiger partial charge in [-0.3, -0.25) is 14.3 Å². The van der Waals surface area contributed by atoms with Crippen LogP contribution in [0.25, 0.3) is 22.3 Å². The normalized spacial score (nSPS) is 17.0. The Morgan fingerprint density at radius 3 is 2.64 bits per heavy atom. The van der Waals surface area contributed by atoms with E-state index in [4.69, 9.17) is 14.5 Å². The fourth-order valence-electron chi connectivity index (χ4n) is 6.12. The van der Waals surface area contributed by atoms with Crippen molar-refractivity contribution in [3.05, 3.63) is 75.3 Å². The van der Waals surface area contributed by atoms with Gasteiger partial charge in [-0.15, -0.1) is 5.10 Å². The molecule has 1 aromatic carbocycles. The molecule has 0 bridgehead atoms. The fourth-order valence-corrected chi connectivity index (χ4v) is 6.12. The second-order valence-corrected chi connectivity index (χ2v) is 11.2. The van der Waals surface area contributed by atoms with Crippen molar-refractivity contribution in [2.45, 2.75) is 83.5 Å². The highest BCUT2D eigenvalue weighted by Crippen LogP contribution is 2.41. The number of cyclic esters (lactones) is 1. The molecule has 0 spiro atoms. The first-order valence-corrected chi connectivity index (χ1v) is 14.8. The van der Waals surface area contributed by atoms with Gasteiger partial charge in [-0.25, -0.2) is 9.78 Å². The van der Waals surface area contributed by atoms with E-state index in [1.807, 2.05) is 43.6 Å². The molecule has 0 aliphatic carbocycles. The van der Waals surface area contributed by atoms with Crippen LogP contribution in [0.2, 0.25) is 0 Å². The molecule has 10 heteroatoms.